The lowest BCUT2D eigenvalue weighted by Crippen LogP contribution is -2.41. The number of likely N-dealkylation sites (tertiary alicyclic amines) is 1. The average molecular weight is 404 g/mol. The average Bonchev–Trinajstić information content (AvgIpc) is 3.42. The van der Waals surface area contributed by atoms with Crippen LogP contribution in [0.25, 0.3) is 0 Å². The number of hydrogen-bond acceptors (Lipinski definition) is 6. The Kier molecular flexibility index (Phi) is 6.89. The van der Waals surface area contributed by atoms with Gasteiger partial charge in [-0.1, -0.05) is 0 Å². The molecule has 0 spiro atoms. The topological polar surface area (TPSA) is 79.9 Å². The smallest absolute Gasteiger partial charge is 0.313 e. The second-order valence-corrected chi connectivity index (χ2v) is 7.33. The number of amides is 2. The highest BCUT2D eigenvalue weighted by Crippen LogP contribution is 2.29. The quantitative estimate of drug-likeness (QED) is 0.695. The van der Waals surface area contributed by atoms with Crippen LogP contribution in [-0.4, -0.2) is 50.6 Å². The molecule has 1 aromatic heterocycles. The van der Waals surface area contributed by atoms with Crippen molar-refractivity contribution in [2.75, 3.05) is 39.2 Å². The van der Waals surface area contributed by atoms with Gasteiger partial charge in [0.2, 0.25) is 0 Å². The number of rotatable bonds is 7. The molecular weight excluding hydrogens is 378 g/mol. The lowest BCUT2D eigenvalue weighted by molar-refractivity contribution is -0.136. The van der Waals surface area contributed by atoms with E-state index in [9.17, 15) is 9.59 Å². The van der Waals surface area contributed by atoms with E-state index in [-0.39, 0.29) is 6.04 Å². The predicted octanol–water partition coefficient (Wildman–Crippen LogP) is 2.66. The molecule has 3 rings (SSSR count). The Hall–Kier alpha value is -2.58. The number of ether oxygens (including phenoxy) is 2. The van der Waals surface area contributed by atoms with Gasteiger partial charge in [-0.3, -0.25) is 14.5 Å². The van der Waals surface area contributed by atoms with Crippen LogP contribution in [0.15, 0.2) is 35.0 Å². The Morgan fingerprint density at radius 1 is 1.14 bits per heavy atom. The maximum absolute atomic E-state index is 12.4. The number of nitrogens with zero attached hydrogens (tertiary/aromatic N) is 1. The van der Waals surface area contributed by atoms with Crippen molar-refractivity contribution >= 4 is 28.8 Å². The van der Waals surface area contributed by atoms with Gasteiger partial charge >= 0.3 is 11.8 Å². The van der Waals surface area contributed by atoms with E-state index in [2.05, 4.69) is 27.0 Å². The molecule has 2 amide bonds. The first-order chi connectivity index (χ1) is 13.6. The first-order valence-corrected chi connectivity index (χ1v) is 10.1. The molecule has 1 unspecified atom stereocenters. The van der Waals surface area contributed by atoms with Gasteiger partial charge in [-0.15, -0.1) is 0 Å². The van der Waals surface area contributed by atoms with Crippen LogP contribution in [0.2, 0.25) is 0 Å². The molecule has 1 aliphatic rings. The molecule has 1 saturated heterocycles. The molecule has 0 bridgehead atoms. The van der Waals surface area contributed by atoms with E-state index in [1.165, 1.54) is 19.8 Å². The molecule has 2 heterocycles. The van der Waals surface area contributed by atoms with E-state index in [0.717, 1.165) is 25.9 Å². The Morgan fingerprint density at radius 3 is 2.57 bits per heavy atom. The summed E-state index contributed by atoms with van der Waals surface area (Å²) in [5.41, 5.74) is 1.55. The summed E-state index contributed by atoms with van der Waals surface area (Å²) in [6.45, 7) is 2.39. The Balaban J connectivity index is 1.63. The number of anilines is 1. The molecule has 1 aliphatic heterocycles. The molecule has 8 heteroatoms. The van der Waals surface area contributed by atoms with E-state index < -0.39 is 11.8 Å². The first-order valence-electron chi connectivity index (χ1n) is 9.19. The van der Waals surface area contributed by atoms with Crippen LogP contribution >= 0.6 is 11.3 Å². The molecule has 0 radical (unpaired) electrons. The molecule has 1 aromatic carbocycles. The SMILES string of the molecule is COc1ccc(OC)c(NC(=O)C(=O)NCC(c2ccsc2)N2CCCC2)c1. The summed E-state index contributed by atoms with van der Waals surface area (Å²) in [5.74, 6) is -0.403. The number of methoxy groups -OCH3 is 2. The summed E-state index contributed by atoms with van der Waals surface area (Å²) < 4.78 is 10.4. The van der Waals surface area contributed by atoms with Gasteiger partial charge in [-0.05, 0) is 60.5 Å². The maximum Gasteiger partial charge on any atom is 0.313 e. The van der Waals surface area contributed by atoms with Gasteiger partial charge in [0.05, 0.1) is 25.9 Å². The van der Waals surface area contributed by atoms with E-state index in [1.54, 1.807) is 29.5 Å². The van der Waals surface area contributed by atoms with Gasteiger partial charge < -0.3 is 20.1 Å². The van der Waals surface area contributed by atoms with Crippen molar-refractivity contribution in [1.82, 2.24) is 10.2 Å². The third-order valence-electron chi connectivity index (χ3n) is 4.83. The van der Waals surface area contributed by atoms with Crippen LogP contribution in [0.1, 0.15) is 24.4 Å². The molecule has 28 heavy (non-hydrogen) atoms. The molecule has 150 valence electrons. The van der Waals surface area contributed by atoms with Crippen LogP contribution in [0, 0.1) is 0 Å². The summed E-state index contributed by atoms with van der Waals surface area (Å²) in [6.07, 6.45) is 2.31. The highest BCUT2D eigenvalue weighted by molar-refractivity contribution is 7.08. The fourth-order valence-electron chi connectivity index (χ4n) is 3.34. The second kappa shape index (κ2) is 9.57. The highest BCUT2D eigenvalue weighted by Gasteiger charge is 2.25. The van der Waals surface area contributed by atoms with Crippen molar-refractivity contribution in [3.05, 3.63) is 40.6 Å². The summed E-state index contributed by atoms with van der Waals surface area (Å²) in [5, 5.41) is 9.49. The zero-order valence-electron chi connectivity index (χ0n) is 16.1. The molecule has 0 aliphatic carbocycles. The molecule has 7 nitrogen and oxygen atoms in total. The zero-order valence-corrected chi connectivity index (χ0v) is 16.9. The predicted molar refractivity (Wildman–Crippen MR) is 109 cm³/mol. The normalized spacial score (nSPS) is 15.1. The van der Waals surface area contributed by atoms with E-state index in [4.69, 9.17) is 9.47 Å². The minimum atomic E-state index is -0.739. The van der Waals surface area contributed by atoms with Crippen LogP contribution in [0.4, 0.5) is 5.69 Å². The molecule has 0 saturated carbocycles. The van der Waals surface area contributed by atoms with Crippen molar-refractivity contribution in [3.63, 3.8) is 0 Å². The van der Waals surface area contributed by atoms with Crippen molar-refractivity contribution < 1.29 is 19.1 Å². The largest absolute Gasteiger partial charge is 0.497 e. The summed E-state index contributed by atoms with van der Waals surface area (Å²) >= 11 is 1.63. The molecule has 2 N–H and O–H groups in total. The third kappa shape index (κ3) is 4.82. The minimum absolute atomic E-state index is 0.0804. The molecule has 2 aromatic rings. The van der Waals surface area contributed by atoms with Crippen LogP contribution in [-0.2, 0) is 9.59 Å². The fourth-order valence-corrected chi connectivity index (χ4v) is 4.04. The van der Waals surface area contributed by atoms with Gasteiger partial charge in [0, 0.05) is 12.6 Å². The standard InChI is InChI=1S/C20H25N3O4S/c1-26-15-5-6-18(27-2)16(11-15)22-20(25)19(24)21-12-17(14-7-10-28-13-14)23-8-3-4-9-23/h5-7,10-11,13,17H,3-4,8-9,12H2,1-2H3,(H,21,24)(H,22,25). The number of thiophene rings is 1. The Bertz CT molecular complexity index is 804. The Morgan fingerprint density at radius 2 is 1.93 bits per heavy atom. The van der Waals surface area contributed by atoms with Crippen molar-refractivity contribution in [2.45, 2.75) is 18.9 Å². The van der Waals surface area contributed by atoms with Gasteiger partial charge in [-0.2, -0.15) is 11.3 Å². The zero-order chi connectivity index (χ0) is 19.9. The van der Waals surface area contributed by atoms with Crippen molar-refractivity contribution in [2.24, 2.45) is 0 Å². The molecular formula is C20H25N3O4S. The van der Waals surface area contributed by atoms with E-state index in [0.29, 0.717) is 23.7 Å². The minimum Gasteiger partial charge on any atom is -0.497 e. The lowest BCUT2D eigenvalue weighted by atomic mass is 10.1. The van der Waals surface area contributed by atoms with E-state index in [1.807, 2.05) is 5.38 Å². The van der Waals surface area contributed by atoms with E-state index >= 15 is 0 Å². The summed E-state index contributed by atoms with van der Waals surface area (Å²) in [7, 11) is 3.03. The first kappa shape index (κ1) is 20.2. The fraction of sp³-hybridized carbons (Fsp3) is 0.400. The van der Waals surface area contributed by atoms with Gasteiger partial charge in [0.25, 0.3) is 0 Å². The van der Waals surface area contributed by atoms with Gasteiger partial charge in [0.1, 0.15) is 11.5 Å². The Labute approximate surface area is 168 Å². The highest BCUT2D eigenvalue weighted by atomic mass is 32.1. The van der Waals surface area contributed by atoms with Gasteiger partial charge in [0.15, 0.2) is 0 Å². The van der Waals surface area contributed by atoms with Crippen molar-refractivity contribution in [3.8, 4) is 11.5 Å². The lowest BCUT2D eigenvalue weighted by Gasteiger charge is -2.27. The van der Waals surface area contributed by atoms with Gasteiger partial charge in [-0.25, -0.2) is 0 Å². The summed E-state index contributed by atoms with van der Waals surface area (Å²) in [4.78, 5) is 27.1. The van der Waals surface area contributed by atoms with Crippen LogP contribution < -0.4 is 20.1 Å². The third-order valence-corrected chi connectivity index (χ3v) is 5.53. The van der Waals surface area contributed by atoms with Crippen molar-refractivity contribution in [1.29, 1.82) is 0 Å². The number of benzene rings is 1. The second-order valence-electron chi connectivity index (χ2n) is 6.55. The number of carbonyl (C=O) groups excluding carboxylic acids is 2. The number of hydrogen-bond donors (Lipinski definition) is 2. The number of carbonyl (C=O) groups is 2. The van der Waals surface area contributed by atoms with Crippen LogP contribution in [0.5, 0.6) is 11.5 Å². The number of nitrogens with one attached hydrogen (secondary N) is 2. The maximum atomic E-state index is 12.4. The van der Waals surface area contributed by atoms with Crippen LogP contribution in [0.3, 0.4) is 0 Å². The molecule has 1 atom stereocenters. The summed E-state index contributed by atoms with van der Waals surface area (Å²) in [6, 6.07) is 7.16. The monoisotopic (exact) mass is 403 g/mol. The molecule has 1 fully saturated rings.